The van der Waals surface area contributed by atoms with Crippen molar-refractivity contribution in [3.63, 3.8) is 0 Å². The number of aromatic nitrogens is 1. The van der Waals surface area contributed by atoms with Gasteiger partial charge in [0.25, 0.3) is 5.91 Å². The zero-order chi connectivity index (χ0) is 36.3. The number of allylic oxidation sites excluding steroid dienone is 1. The van der Waals surface area contributed by atoms with E-state index in [1.165, 1.54) is 17.0 Å². The maximum absolute atomic E-state index is 14.2. The number of ether oxygens (including phenoxy) is 2. The molecule has 17 heteroatoms. The summed E-state index contributed by atoms with van der Waals surface area (Å²) in [7, 11) is -3.92. The van der Waals surface area contributed by atoms with E-state index in [0.29, 0.717) is 31.4 Å². The van der Waals surface area contributed by atoms with Crippen molar-refractivity contribution in [1.29, 1.82) is 0 Å². The van der Waals surface area contributed by atoms with Gasteiger partial charge >= 0.3 is 12.2 Å². The van der Waals surface area contributed by atoms with Crippen molar-refractivity contribution in [2.45, 2.75) is 120 Å². The quantitative estimate of drug-likeness (QED) is 0.303. The number of sulfonamides is 1. The minimum Gasteiger partial charge on any atom is -0.444 e. The summed E-state index contributed by atoms with van der Waals surface area (Å²) in [5, 5.41) is 7.26. The molecule has 2 aliphatic heterocycles. The molecule has 0 unspecified atom stereocenters. The Morgan fingerprint density at radius 3 is 2.54 bits per heavy atom. The molecule has 0 radical (unpaired) electrons. The van der Waals surface area contributed by atoms with Crippen LogP contribution in [0.2, 0.25) is 0 Å². The SMILES string of the molecule is CC(C)(C)OC(=O)N[C@H]1CCCCC/C=C\[C@@H]2C[C@@]2(C(=O)NS(=O)(=O)C2CC2)NC(=O)[C@@H]2C[C@@H](OC(=O)NCc3ccc(F)cn3)CN2C1=O. The fraction of sp³-hybridized carbons (Fsp3) is 0.636. The largest absolute Gasteiger partial charge is 0.444 e. The minimum absolute atomic E-state index is 0.0728. The highest BCUT2D eigenvalue weighted by molar-refractivity contribution is 7.91. The molecule has 1 aromatic heterocycles. The van der Waals surface area contributed by atoms with Gasteiger partial charge in [0.2, 0.25) is 21.8 Å². The first-order valence-electron chi connectivity index (χ1n) is 17.0. The highest BCUT2D eigenvalue weighted by Gasteiger charge is 2.62. The average Bonchev–Trinajstić information content (AvgIpc) is 3.95. The number of amides is 5. The summed E-state index contributed by atoms with van der Waals surface area (Å²) in [5.41, 5.74) is -2.03. The van der Waals surface area contributed by atoms with Gasteiger partial charge in [0.15, 0.2) is 0 Å². The zero-order valence-corrected chi connectivity index (χ0v) is 29.2. The lowest BCUT2D eigenvalue weighted by molar-refractivity contribution is -0.141. The molecule has 1 aromatic rings. The first-order valence-corrected chi connectivity index (χ1v) is 18.5. The number of fused-ring (bicyclic) bond motifs is 2. The van der Waals surface area contributed by atoms with Crippen molar-refractivity contribution in [2.24, 2.45) is 5.92 Å². The average molecular weight is 721 g/mol. The van der Waals surface area contributed by atoms with Gasteiger partial charge in [-0.2, -0.15) is 0 Å². The number of alkyl carbamates (subject to hydrolysis) is 2. The summed E-state index contributed by atoms with van der Waals surface area (Å²) in [6.45, 7) is 4.78. The Morgan fingerprint density at radius 2 is 1.86 bits per heavy atom. The van der Waals surface area contributed by atoms with Gasteiger partial charge in [-0.1, -0.05) is 25.0 Å². The van der Waals surface area contributed by atoms with E-state index >= 15 is 0 Å². The van der Waals surface area contributed by atoms with Crippen molar-refractivity contribution < 1.29 is 46.3 Å². The predicted molar refractivity (Wildman–Crippen MR) is 176 cm³/mol. The molecule has 0 spiro atoms. The Morgan fingerprint density at radius 1 is 1.10 bits per heavy atom. The van der Waals surface area contributed by atoms with E-state index in [1.54, 1.807) is 26.8 Å². The van der Waals surface area contributed by atoms with E-state index in [2.05, 4.69) is 25.7 Å². The number of carbonyl (C=O) groups excluding carboxylic acids is 5. The van der Waals surface area contributed by atoms with E-state index in [1.807, 2.05) is 6.08 Å². The van der Waals surface area contributed by atoms with E-state index < -0.39 is 86.2 Å². The van der Waals surface area contributed by atoms with Gasteiger partial charge < -0.3 is 30.3 Å². The molecule has 50 heavy (non-hydrogen) atoms. The third-order valence-corrected chi connectivity index (χ3v) is 10.8. The highest BCUT2D eigenvalue weighted by atomic mass is 32.2. The second-order valence-corrected chi connectivity index (χ2v) is 16.3. The summed E-state index contributed by atoms with van der Waals surface area (Å²) < 4.78 is 51.8. The standard InChI is InChI=1S/C33H45FN6O9S/c1-32(2,3)49-31(45)37-25-10-8-6-4-5-7-9-20-16-33(20,29(43)39-50(46,47)24-13-14-24)38-27(41)26-15-23(19-40(26)28(25)42)48-30(44)36-18-22-12-11-21(34)17-35-22/h7,9,11-12,17,20,23-26H,4-6,8,10,13-16,18-19H2,1-3H3,(H,36,44)(H,37,45)(H,38,41)(H,39,43)/b9-7-/t20-,23-,25+,26+,33-/m1/s1. The Balaban J connectivity index is 1.37. The van der Waals surface area contributed by atoms with Gasteiger partial charge in [-0.25, -0.2) is 22.4 Å². The van der Waals surface area contributed by atoms with Crippen molar-refractivity contribution in [2.75, 3.05) is 6.54 Å². The number of halogens is 1. The van der Waals surface area contributed by atoms with Crippen molar-refractivity contribution >= 4 is 39.9 Å². The van der Waals surface area contributed by atoms with Gasteiger partial charge in [0, 0.05) is 12.3 Å². The topological polar surface area (TPSA) is 202 Å². The Bertz CT molecular complexity index is 1610. The highest BCUT2D eigenvalue weighted by Crippen LogP contribution is 2.46. The summed E-state index contributed by atoms with van der Waals surface area (Å²) in [5.74, 6) is -3.20. The molecule has 2 saturated carbocycles. The van der Waals surface area contributed by atoms with Crippen LogP contribution in [0.1, 0.15) is 84.3 Å². The second kappa shape index (κ2) is 14.9. The van der Waals surface area contributed by atoms with Gasteiger partial charge in [-0.15, -0.1) is 0 Å². The fourth-order valence-corrected chi connectivity index (χ4v) is 7.53. The smallest absolute Gasteiger partial charge is 0.408 e. The van der Waals surface area contributed by atoms with E-state index in [-0.39, 0.29) is 32.4 Å². The van der Waals surface area contributed by atoms with Crippen LogP contribution in [0.4, 0.5) is 14.0 Å². The summed E-state index contributed by atoms with van der Waals surface area (Å²) in [4.78, 5) is 72.4. The van der Waals surface area contributed by atoms with Crippen LogP contribution in [-0.2, 0) is 40.4 Å². The lowest BCUT2D eigenvalue weighted by atomic mass is 10.0. The molecule has 2 aliphatic carbocycles. The third-order valence-electron chi connectivity index (χ3n) is 9.01. The summed E-state index contributed by atoms with van der Waals surface area (Å²) in [6, 6.07) is 0.276. The maximum atomic E-state index is 14.2. The molecule has 0 bridgehead atoms. The first kappa shape index (κ1) is 37.0. The monoisotopic (exact) mass is 720 g/mol. The molecule has 1 saturated heterocycles. The van der Waals surface area contributed by atoms with Crippen molar-refractivity contribution in [1.82, 2.24) is 30.6 Å². The molecule has 5 amide bonds. The molecule has 15 nitrogen and oxygen atoms in total. The number of carbonyl (C=O) groups is 5. The normalized spacial score (nSPS) is 28.0. The van der Waals surface area contributed by atoms with Crippen LogP contribution in [0.5, 0.6) is 0 Å². The van der Waals surface area contributed by atoms with Crippen LogP contribution in [0.3, 0.4) is 0 Å². The molecule has 3 heterocycles. The fourth-order valence-electron chi connectivity index (χ4n) is 6.16. The van der Waals surface area contributed by atoms with Gasteiger partial charge in [0.05, 0.1) is 30.2 Å². The molecule has 3 fully saturated rings. The van der Waals surface area contributed by atoms with Gasteiger partial charge in [-0.3, -0.25) is 24.1 Å². The van der Waals surface area contributed by atoms with E-state index in [0.717, 1.165) is 19.0 Å². The molecular weight excluding hydrogens is 675 g/mol. The number of rotatable bonds is 7. The zero-order valence-electron chi connectivity index (χ0n) is 28.4. The summed E-state index contributed by atoms with van der Waals surface area (Å²) in [6.07, 6.45) is 5.91. The number of pyridine rings is 1. The minimum atomic E-state index is -3.92. The lowest BCUT2D eigenvalue weighted by Gasteiger charge is -2.30. The molecule has 0 aromatic carbocycles. The van der Waals surface area contributed by atoms with Crippen LogP contribution < -0.4 is 20.7 Å². The van der Waals surface area contributed by atoms with Crippen molar-refractivity contribution in [3.05, 3.63) is 42.0 Å². The van der Waals surface area contributed by atoms with E-state index in [9.17, 15) is 36.8 Å². The number of hydrogen-bond acceptors (Lipinski definition) is 10. The number of hydrogen-bond donors (Lipinski definition) is 4. The van der Waals surface area contributed by atoms with Crippen molar-refractivity contribution in [3.8, 4) is 0 Å². The molecular formula is C33H45FN6O9S. The van der Waals surface area contributed by atoms with Crippen LogP contribution >= 0.6 is 0 Å². The first-order chi connectivity index (χ1) is 23.6. The second-order valence-electron chi connectivity index (χ2n) is 14.3. The molecule has 4 N–H and O–H groups in total. The summed E-state index contributed by atoms with van der Waals surface area (Å²) >= 11 is 0. The van der Waals surface area contributed by atoms with Crippen LogP contribution in [0.15, 0.2) is 30.5 Å². The third kappa shape index (κ3) is 9.48. The van der Waals surface area contributed by atoms with Gasteiger partial charge in [0.1, 0.15) is 35.1 Å². The molecule has 274 valence electrons. The van der Waals surface area contributed by atoms with Crippen LogP contribution in [-0.4, -0.2) is 89.3 Å². The number of nitrogens with one attached hydrogen (secondary N) is 4. The molecule has 4 aliphatic rings. The van der Waals surface area contributed by atoms with Crippen LogP contribution in [0, 0.1) is 11.7 Å². The molecule has 5 atom stereocenters. The van der Waals surface area contributed by atoms with Gasteiger partial charge in [-0.05, 0) is 71.4 Å². The Hall–Kier alpha value is -4.28. The number of nitrogens with zero attached hydrogens (tertiary/aromatic N) is 2. The predicted octanol–water partition coefficient (Wildman–Crippen LogP) is 2.31. The lowest BCUT2D eigenvalue weighted by Crippen LogP contribution is -2.58. The van der Waals surface area contributed by atoms with Crippen LogP contribution in [0.25, 0.3) is 0 Å². The Labute approximate surface area is 290 Å². The Kier molecular flexibility index (Phi) is 11.0. The van der Waals surface area contributed by atoms with E-state index in [4.69, 9.17) is 9.47 Å². The maximum Gasteiger partial charge on any atom is 0.408 e. The molecule has 5 rings (SSSR count).